The molecule has 2 aromatic carbocycles. The van der Waals surface area contributed by atoms with Crippen LogP contribution in [0.5, 0.6) is 5.75 Å². The summed E-state index contributed by atoms with van der Waals surface area (Å²) in [6.45, 7) is 7.97. The van der Waals surface area contributed by atoms with Gasteiger partial charge in [0.05, 0.1) is 19.8 Å². The topological polar surface area (TPSA) is 54.0 Å². The average Bonchev–Trinajstić information content (AvgIpc) is 2.66. The molecule has 0 aromatic heterocycles. The van der Waals surface area contributed by atoms with Crippen molar-refractivity contribution in [1.82, 2.24) is 0 Å². The van der Waals surface area contributed by atoms with Crippen molar-refractivity contribution >= 4 is 5.97 Å². The van der Waals surface area contributed by atoms with E-state index in [1.807, 2.05) is 12.1 Å². The van der Waals surface area contributed by atoms with Crippen molar-refractivity contribution in [2.45, 2.75) is 20.8 Å². The Morgan fingerprint density at radius 1 is 0.929 bits per heavy atom. The molecule has 2 rings (SSSR count). The lowest BCUT2D eigenvalue weighted by atomic mass is 10.1. The van der Waals surface area contributed by atoms with E-state index < -0.39 is 5.97 Å². The van der Waals surface area contributed by atoms with Crippen LogP contribution in [0.15, 0.2) is 36.4 Å². The molecule has 6 heteroatoms. The highest BCUT2D eigenvalue weighted by Gasteiger charge is 2.21. The van der Waals surface area contributed by atoms with E-state index in [1.54, 1.807) is 7.11 Å². The van der Waals surface area contributed by atoms with Crippen LogP contribution in [0.1, 0.15) is 16.7 Å². The largest absolute Gasteiger partial charge is 0.482 e. The van der Waals surface area contributed by atoms with Gasteiger partial charge in [-0.05, 0) is 45.0 Å². The van der Waals surface area contributed by atoms with Crippen molar-refractivity contribution in [2.75, 3.05) is 40.1 Å². The summed E-state index contributed by atoms with van der Waals surface area (Å²) in [5.41, 5.74) is 4.03. The summed E-state index contributed by atoms with van der Waals surface area (Å²) in [5, 5.41) is 0. The first kappa shape index (κ1) is 22.6. The van der Waals surface area contributed by atoms with Gasteiger partial charge in [-0.2, -0.15) is 0 Å². The third-order valence-electron chi connectivity index (χ3n) is 3.88. The fourth-order valence-electron chi connectivity index (χ4n) is 2.66. The Hall–Kier alpha value is -1.64. The van der Waals surface area contributed by atoms with E-state index in [1.165, 1.54) is 23.8 Å². The molecule has 0 aliphatic heterocycles. The molecule has 0 bridgehead atoms. The highest BCUT2D eigenvalue weighted by molar-refractivity contribution is 5.71. The van der Waals surface area contributed by atoms with Gasteiger partial charge < -0.3 is 18.9 Å². The maximum Gasteiger partial charge on any atom is 0.358 e. The van der Waals surface area contributed by atoms with Gasteiger partial charge >= 0.3 is 27.2 Å². The van der Waals surface area contributed by atoms with Crippen molar-refractivity contribution < 1.29 is 44.9 Å². The van der Waals surface area contributed by atoms with Gasteiger partial charge in [-0.25, -0.2) is 4.79 Å². The van der Waals surface area contributed by atoms with Gasteiger partial charge in [0.15, 0.2) is 13.7 Å². The first-order valence-electron chi connectivity index (χ1n) is 9.17. The van der Waals surface area contributed by atoms with Crippen LogP contribution >= 0.6 is 0 Å². The summed E-state index contributed by atoms with van der Waals surface area (Å²) in [5.74, 6) is 0.260. The number of benzene rings is 2. The van der Waals surface area contributed by atoms with Crippen LogP contribution in [0.3, 0.4) is 0 Å². The zero-order valence-electron chi connectivity index (χ0n) is 16.9. The third kappa shape index (κ3) is 7.77. The van der Waals surface area contributed by atoms with E-state index in [9.17, 15) is 4.79 Å². The smallest absolute Gasteiger partial charge is 0.358 e. The van der Waals surface area contributed by atoms with E-state index >= 15 is 0 Å². The zero-order chi connectivity index (χ0) is 20.4. The SMILES string of the molecule is COCCOCCOC(=O)COc1ccc([I+]c2c(C)cc(C)cc2C)cc1. The molecule has 0 aliphatic carbocycles. The molecule has 0 aliphatic rings. The number of methoxy groups -OCH3 is 1. The Balaban J connectivity index is 1.76. The second kappa shape index (κ2) is 12.0. The molecular formula is C22H28IO5+. The van der Waals surface area contributed by atoms with Gasteiger partial charge in [-0.15, -0.1) is 0 Å². The Labute approximate surface area is 177 Å². The van der Waals surface area contributed by atoms with E-state index in [2.05, 4.69) is 45.0 Å². The van der Waals surface area contributed by atoms with Crippen LogP contribution in [-0.4, -0.2) is 46.1 Å². The average molecular weight is 499 g/mol. The maximum absolute atomic E-state index is 11.7. The minimum absolute atomic E-state index is 0.108. The number of hydrogen-bond acceptors (Lipinski definition) is 5. The van der Waals surface area contributed by atoms with Crippen molar-refractivity contribution in [3.05, 3.63) is 60.2 Å². The Morgan fingerprint density at radius 2 is 1.57 bits per heavy atom. The summed E-state index contributed by atoms with van der Waals surface area (Å²) in [6.07, 6.45) is 0. The number of carbonyl (C=O) groups excluding carboxylic acids is 1. The molecule has 0 atom stereocenters. The molecule has 0 spiro atoms. The van der Waals surface area contributed by atoms with Gasteiger partial charge in [0.25, 0.3) is 0 Å². The molecule has 2 aromatic rings. The Morgan fingerprint density at radius 3 is 2.21 bits per heavy atom. The van der Waals surface area contributed by atoms with Gasteiger partial charge in [-0.3, -0.25) is 0 Å². The van der Waals surface area contributed by atoms with E-state index in [4.69, 9.17) is 18.9 Å². The lowest BCUT2D eigenvalue weighted by molar-refractivity contribution is -0.598. The monoisotopic (exact) mass is 499 g/mol. The van der Waals surface area contributed by atoms with Crippen molar-refractivity contribution in [3.63, 3.8) is 0 Å². The summed E-state index contributed by atoms with van der Waals surface area (Å²) < 4.78 is 23.4. The van der Waals surface area contributed by atoms with E-state index in [0.717, 1.165) is 0 Å². The molecule has 28 heavy (non-hydrogen) atoms. The minimum Gasteiger partial charge on any atom is -0.482 e. The predicted octanol–water partition coefficient (Wildman–Crippen LogP) is 0.325. The molecule has 152 valence electrons. The first-order valence-corrected chi connectivity index (χ1v) is 11.3. The van der Waals surface area contributed by atoms with Gasteiger partial charge in [0.1, 0.15) is 12.4 Å². The number of ether oxygens (including phenoxy) is 4. The fraction of sp³-hybridized carbons (Fsp3) is 0.409. The summed E-state index contributed by atoms with van der Waals surface area (Å²) in [4.78, 5) is 11.7. The van der Waals surface area contributed by atoms with Gasteiger partial charge in [-0.1, -0.05) is 17.7 Å². The molecule has 0 amide bonds. The lowest BCUT2D eigenvalue weighted by Crippen LogP contribution is -3.62. The number of halogens is 1. The number of hydrogen-bond donors (Lipinski definition) is 0. The maximum atomic E-state index is 11.7. The predicted molar refractivity (Wildman–Crippen MR) is 104 cm³/mol. The van der Waals surface area contributed by atoms with Crippen LogP contribution in [0.25, 0.3) is 0 Å². The molecule has 5 nitrogen and oxygen atoms in total. The highest BCUT2D eigenvalue weighted by Crippen LogP contribution is 2.10. The fourth-order valence-corrected chi connectivity index (χ4v) is 5.16. The minimum atomic E-state index is -0.405. The number of rotatable bonds is 11. The number of aryl methyl sites for hydroxylation is 3. The van der Waals surface area contributed by atoms with Crippen molar-refractivity contribution in [1.29, 1.82) is 0 Å². The number of carbonyl (C=O) groups is 1. The second-order valence-electron chi connectivity index (χ2n) is 6.38. The van der Waals surface area contributed by atoms with Crippen LogP contribution in [0, 0.1) is 27.9 Å². The van der Waals surface area contributed by atoms with Crippen LogP contribution < -0.4 is 25.9 Å². The molecule has 0 fully saturated rings. The standard InChI is InChI=1S/C22H28IO5/c1-16-13-17(2)22(18(3)14-16)23-19-5-7-20(8-6-19)28-15-21(24)27-12-11-26-10-9-25-4/h5-8,13-14H,9-12,15H2,1-4H3/q+1. The molecule has 0 N–H and O–H groups in total. The van der Waals surface area contributed by atoms with Crippen LogP contribution in [-0.2, 0) is 19.0 Å². The van der Waals surface area contributed by atoms with Gasteiger partial charge in [0.2, 0.25) is 0 Å². The van der Waals surface area contributed by atoms with Gasteiger partial charge in [0, 0.05) is 18.2 Å². The quantitative estimate of drug-likeness (QED) is 0.254. The zero-order valence-corrected chi connectivity index (χ0v) is 19.1. The van der Waals surface area contributed by atoms with E-state index in [-0.39, 0.29) is 34.4 Å². The molecule has 0 heterocycles. The lowest BCUT2D eigenvalue weighted by Gasteiger charge is -2.07. The number of esters is 1. The Bertz CT molecular complexity index is 735. The normalized spacial score (nSPS) is 10.7. The van der Waals surface area contributed by atoms with E-state index in [0.29, 0.717) is 25.6 Å². The molecular weight excluding hydrogens is 471 g/mol. The van der Waals surface area contributed by atoms with Crippen LogP contribution in [0.2, 0.25) is 0 Å². The molecule has 0 saturated carbocycles. The van der Waals surface area contributed by atoms with Crippen molar-refractivity contribution in [3.8, 4) is 5.75 Å². The Kier molecular flexibility index (Phi) is 9.73. The highest BCUT2D eigenvalue weighted by atomic mass is 127. The molecule has 0 unspecified atom stereocenters. The first-order chi connectivity index (χ1) is 13.5. The summed E-state index contributed by atoms with van der Waals surface area (Å²) in [7, 11) is 1.61. The molecule has 0 radical (unpaired) electrons. The molecule has 0 saturated heterocycles. The summed E-state index contributed by atoms with van der Waals surface area (Å²) in [6, 6.07) is 12.5. The second-order valence-corrected chi connectivity index (χ2v) is 9.24. The third-order valence-corrected chi connectivity index (χ3v) is 7.46. The van der Waals surface area contributed by atoms with Crippen LogP contribution in [0.4, 0.5) is 0 Å². The summed E-state index contributed by atoms with van der Waals surface area (Å²) >= 11 is -0.248. The van der Waals surface area contributed by atoms with Crippen molar-refractivity contribution in [2.24, 2.45) is 0 Å².